The zero-order chi connectivity index (χ0) is 16.0. The van der Waals surface area contributed by atoms with Gasteiger partial charge in [0.2, 0.25) is 0 Å². The van der Waals surface area contributed by atoms with E-state index in [1.54, 1.807) is 12.1 Å². The Balaban J connectivity index is 2.82. The summed E-state index contributed by atoms with van der Waals surface area (Å²) in [6.45, 7) is 3.75. The van der Waals surface area contributed by atoms with Crippen LogP contribution in [0.1, 0.15) is 30.6 Å². The Bertz CT molecular complexity index is 543. The van der Waals surface area contributed by atoms with Gasteiger partial charge >= 0.3 is 12.0 Å². The van der Waals surface area contributed by atoms with Gasteiger partial charge in [0.05, 0.1) is 0 Å². The lowest BCUT2D eigenvalue weighted by molar-refractivity contribution is -0.139. The molecule has 0 radical (unpaired) electrons. The number of nitrogens with two attached hydrogens (primary N) is 1. The highest BCUT2D eigenvalue weighted by Gasteiger charge is 2.21. The van der Waals surface area contributed by atoms with Crippen molar-refractivity contribution in [3.8, 4) is 0 Å². The molecule has 0 spiro atoms. The Labute approximate surface area is 122 Å². The molecule has 21 heavy (non-hydrogen) atoms. The van der Waals surface area contributed by atoms with Crippen molar-refractivity contribution in [1.29, 1.82) is 0 Å². The number of benzene rings is 1. The Morgan fingerprint density at radius 2 is 1.95 bits per heavy atom. The number of primary amides is 1. The van der Waals surface area contributed by atoms with Gasteiger partial charge in [-0.2, -0.15) is 0 Å². The molecule has 1 aromatic carbocycles. The summed E-state index contributed by atoms with van der Waals surface area (Å²) in [5.74, 6) is -1.46. The smallest absolute Gasteiger partial charge is 0.326 e. The first kappa shape index (κ1) is 16.5. The van der Waals surface area contributed by atoms with E-state index in [2.05, 4.69) is 10.6 Å². The largest absolute Gasteiger partial charge is 0.480 e. The molecule has 0 fully saturated rings. The normalized spacial score (nSPS) is 11.8. The topological polar surface area (TPSA) is 122 Å². The van der Waals surface area contributed by atoms with Crippen LogP contribution in [0.5, 0.6) is 0 Å². The summed E-state index contributed by atoms with van der Waals surface area (Å²) in [7, 11) is 0. The van der Waals surface area contributed by atoms with E-state index in [4.69, 9.17) is 10.8 Å². The summed E-state index contributed by atoms with van der Waals surface area (Å²) in [5.41, 5.74) is 5.61. The van der Waals surface area contributed by atoms with Gasteiger partial charge in [0.25, 0.3) is 5.91 Å². The van der Waals surface area contributed by atoms with Gasteiger partial charge < -0.3 is 21.5 Å². The van der Waals surface area contributed by atoms with E-state index in [1.165, 1.54) is 12.1 Å². The fraction of sp³-hybridized carbons (Fsp3) is 0.357. The van der Waals surface area contributed by atoms with Gasteiger partial charge in [-0.25, -0.2) is 9.59 Å². The van der Waals surface area contributed by atoms with Crippen LogP contribution in [0.25, 0.3) is 0 Å². The quantitative estimate of drug-likeness (QED) is 0.633. The predicted molar refractivity (Wildman–Crippen MR) is 78.0 cm³/mol. The van der Waals surface area contributed by atoms with Crippen molar-refractivity contribution in [3.63, 3.8) is 0 Å². The number of rotatable bonds is 6. The van der Waals surface area contributed by atoms with Gasteiger partial charge in [0.15, 0.2) is 0 Å². The molecule has 0 aliphatic carbocycles. The number of amides is 3. The van der Waals surface area contributed by atoms with Gasteiger partial charge in [-0.3, -0.25) is 4.79 Å². The Morgan fingerprint density at radius 1 is 1.29 bits per heavy atom. The van der Waals surface area contributed by atoms with Crippen LogP contribution in [-0.2, 0) is 4.79 Å². The third-order valence-electron chi connectivity index (χ3n) is 2.70. The third-order valence-corrected chi connectivity index (χ3v) is 2.70. The maximum Gasteiger partial charge on any atom is 0.326 e. The highest BCUT2D eigenvalue weighted by molar-refractivity contribution is 5.98. The monoisotopic (exact) mass is 293 g/mol. The van der Waals surface area contributed by atoms with Crippen LogP contribution in [0.15, 0.2) is 24.3 Å². The van der Waals surface area contributed by atoms with E-state index in [0.29, 0.717) is 12.1 Å². The van der Waals surface area contributed by atoms with Gasteiger partial charge in [0, 0.05) is 11.3 Å². The maximum atomic E-state index is 12.1. The summed E-state index contributed by atoms with van der Waals surface area (Å²) < 4.78 is 0. The molecule has 1 rings (SSSR count). The second-order valence-electron chi connectivity index (χ2n) is 5.06. The highest BCUT2D eigenvalue weighted by Crippen LogP contribution is 2.12. The van der Waals surface area contributed by atoms with Crippen LogP contribution < -0.4 is 16.4 Å². The second kappa shape index (κ2) is 7.28. The molecule has 114 valence electrons. The minimum Gasteiger partial charge on any atom is -0.480 e. The summed E-state index contributed by atoms with van der Waals surface area (Å²) in [5, 5.41) is 13.9. The molecule has 0 bridgehead atoms. The van der Waals surface area contributed by atoms with E-state index in [9.17, 15) is 14.4 Å². The molecule has 0 unspecified atom stereocenters. The molecular weight excluding hydrogens is 274 g/mol. The van der Waals surface area contributed by atoms with Crippen molar-refractivity contribution in [2.75, 3.05) is 5.32 Å². The maximum absolute atomic E-state index is 12.1. The molecule has 7 heteroatoms. The molecule has 3 amide bonds. The average Bonchev–Trinajstić information content (AvgIpc) is 2.36. The minimum absolute atomic E-state index is 0.134. The summed E-state index contributed by atoms with van der Waals surface area (Å²) in [6.07, 6.45) is 0.334. The van der Waals surface area contributed by atoms with Crippen LogP contribution in [0, 0.1) is 5.92 Å². The number of carboxylic acids is 1. The SMILES string of the molecule is CC(C)C[C@@H](NC(=O)c1cccc(NC(N)=O)c1)C(=O)O. The lowest BCUT2D eigenvalue weighted by Gasteiger charge is -2.16. The average molecular weight is 293 g/mol. The Kier molecular flexibility index (Phi) is 5.71. The van der Waals surface area contributed by atoms with Crippen molar-refractivity contribution in [2.45, 2.75) is 26.3 Å². The van der Waals surface area contributed by atoms with Crippen LogP contribution in [0.4, 0.5) is 10.5 Å². The minimum atomic E-state index is -1.08. The molecule has 0 saturated heterocycles. The fourth-order valence-corrected chi connectivity index (χ4v) is 1.81. The summed E-state index contributed by atoms with van der Waals surface area (Å²) >= 11 is 0. The van der Waals surface area contributed by atoms with Gasteiger partial charge in [-0.05, 0) is 30.5 Å². The van der Waals surface area contributed by atoms with E-state index in [1.807, 2.05) is 13.8 Å². The molecule has 0 aliphatic rings. The molecule has 7 nitrogen and oxygen atoms in total. The van der Waals surface area contributed by atoms with Gasteiger partial charge in [-0.1, -0.05) is 19.9 Å². The second-order valence-corrected chi connectivity index (χ2v) is 5.06. The number of hydrogen-bond donors (Lipinski definition) is 4. The first-order valence-corrected chi connectivity index (χ1v) is 6.49. The van der Waals surface area contributed by atoms with E-state index in [0.717, 1.165) is 0 Å². The Hall–Kier alpha value is -2.57. The molecule has 1 atom stereocenters. The first-order valence-electron chi connectivity index (χ1n) is 6.49. The summed E-state index contributed by atoms with van der Waals surface area (Å²) in [6, 6.07) is 4.40. The van der Waals surface area contributed by atoms with Crippen molar-refractivity contribution >= 4 is 23.6 Å². The number of hydrogen-bond acceptors (Lipinski definition) is 3. The Morgan fingerprint density at radius 3 is 2.48 bits per heavy atom. The molecule has 1 aromatic rings. The van der Waals surface area contributed by atoms with E-state index >= 15 is 0 Å². The zero-order valence-electron chi connectivity index (χ0n) is 11.9. The molecule has 0 aliphatic heterocycles. The molecule has 0 saturated carbocycles. The molecular formula is C14H19N3O4. The van der Waals surface area contributed by atoms with Crippen molar-refractivity contribution in [3.05, 3.63) is 29.8 Å². The number of urea groups is 1. The van der Waals surface area contributed by atoms with Crippen LogP contribution in [0.3, 0.4) is 0 Å². The van der Waals surface area contributed by atoms with Crippen LogP contribution >= 0.6 is 0 Å². The highest BCUT2D eigenvalue weighted by atomic mass is 16.4. The lowest BCUT2D eigenvalue weighted by atomic mass is 10.0. The summed E-state index contributed by atoms with van der Waals surface area (Å²) in [4.78, 5) is 34.0. The van der Waals surface area contributed by atoms with Crippen molar-refractivity contribution < 1.29 is 19.5 Å². The predicted octanol–water partition coefficient (Wildman–Crippen LogP) is 1.41. The van der Waals surface area contributed by atoms with Crippen molar-refractivity contribution in [2.24, 2.45) is 11.7 Å². The van der Waals surface area contributed by atoms with Gasteiger partial charge in [0.1, 0.15) is 6.04 Å². The number of carboxylic acid groups (broad SMARTS) is 1. The number of carbonyl (C=O) groups excluding carboxylic acids is 2. The lowest BCUT2D eigenvalue weighted by Crippen LogP contribution is -2.41. The van der Waals surface area contributed by atoms with Crippen LogP contribution in [-0.4, -0.2) is 29.1 Å². The number of anilines is 1. The molecule has 0 aromatic heterocycles. The van der Waals surface area contributed by atoms with E-state index < -0.39 is 23.9 Å². The number of nitrogens with one attached hydrogen (secondary N) is 2. The molecule has 0 heterocycles. The number of aliphatic carboxylic acids is 1. The first-order chi connectivity index (χ1) is 9.79. The fourth-order valence-electron chi connectivity index (χ4n) is 1.81. The van der Waals surface area contributed by atoms with Crippen molar-refractivity contribution in [1.82, 2.24) is 5.32 Å². The van der Waals surface area contributed by atoms with Crippen LogP contribution in [0.2, 0.25) is 0 Å². The van der Waals surface area contributed by atoms with E-state index in [-0.39, 0.29) is 11.5 Å². The standard InChI is InChI=1S/C14H19N3O4/c1-8(2)6-11(13(19)20)17-12(18)9-4-3-5-10(7-9)16-14(15)21/h3-5,7-8,11H,6H2,1-2H3,(H,17,18)(H,19,20)(H3,15,16,21)/t11-/m1/s1. The zero-order valence-corrected chi connectivity index (χ0v) is 11.9. The number of carbonyl (C=O) groups is 3. The molecule has 5 N–H and O–H groups in total. The third kappa shape index (κ3) is 5.52. The van der Waals surface area contributed by atoms with Gasteiger partial charge in [-0.15, -0.1) is 0 Å².